The van der Waals surface area contributed by atoms with Gasteiger partial charge in [0.2, 0.25) is 0 Å². The van der Waals surface area contributed by atoms with Crippen molar-refractivity contribution >= 4 is 12.0 Å². The molecule has 0 aliphatic carbocycles. The quantitative estimate of drug-likeness (QED) is 0.762. The van der Waals surface area contributed by atoms with Crippen molar-refractivity contribution in [2.45, 2.75) is 13.0 Å². The number of methoxy groups -OCH3 is 1. The number of rotatable bonds is 6. The van der Waals surface area contributed by atoms with Gasteiger partial charge in [-0.3, -0.25) is 4.79 Å². The van der Waals surface area contributed by atoms with Crippen LogP contribution in [-0.4, -0.2) is 27.5 Å². The number of ether oxygens (including phenoxy) is 2. The van der Waals surface area contributed by atoms with Gasteiger partial charge in [0, 0.05) is 25.3 Å². The first kappa shape index (κ1) is 15.9. The lowest BCUT2D eigenvalue weighted by atomic mass is 10.1. The highest BCUT2D eigenvalue weighted by Gasteiger charge is 2.12. The third-order valence-electron chi connectivity index (χ3n) is 3.51. The highest BCUT2D eigenvalue weighted by atomic mass is 16.5. The second kappa shape index (κ2) is 6.98. The zero-order valence-corrected chi connectivity index (χ0v) is 13.4. The minimum Gasteiger partial charge on any atom is -0.493 e. The molecule has 0 saturated carbocycles. The van der Waals surface area contributed by atoms with E-state index in [4.69, 9.17) is 9.47 Å². The molecule has 0 N–H and O–H groups in total. The van der Waals surface area contributed by atoms with Crippen molar-refractivity contribution < 1.29 is 14.3 Å². The number of carbonyl (C=O) groups is 1. The van der Waals surface area contributed by atoms with E-state index < -0.39 is 0 Å². The van der Waals surface area contributed by atoms with Gasteiger partial charge in [0.25, 0.3) is 0 Å². The summed E-state index contributed by atoms with van der Waals surface area (Å²) < 4.78 is 11.3. The Morgan fingerprint density at radius 1 is 1.05 bits per heavy atom. The van der Waals surface area contributed by atoms with Crippen LogP contribution in [0.5, 0.6) is 11.5 Å². The van der Waals surface area contributed by atoms with Gasteiger partial charge in [-0.25, -0.2) is 0 Å². The molecule has 0 fully saturated rings. The average Bonchev–Trinajstić information content (AvgIpc) is 2.55. The molecule has 116 valence electrons. The zero-order chi connectivity index (χ0) is 16.1. The van der Waals surface area contributed by atoms with Crippen molar-refractivity contribution in [1.82, 2.24) is 0 Å². The summed E-state index contributed by atoms with van der Waals surface area (Å²) in [4.78, 5) is 12.9. The number of carbonyl (C=O) groups excluding carboxylic acids is 1. The van der Waals surface area contributed by atoms with E-state index in [0.29, 0.717) is 17.1 Å². The number of nitrogens with zero attached hydrogens (tertiary/aromatic N) is 1. The van der Waals surface area contributed by atoms with Crippen LogP contribution in [0.3, 0.4) is 0 Å². The Labute approximate surface area is 131 Å². The summed E-state index contributed by atoms with van der Waals surface area (Å²) in [6, 6.07) is 13.4. The van der Waals surface area contributed by atoms with Crippen LogP contribution in [0, 0.1) is 0 Å². The van der Waals surface area contributed by atoms with E-state index in [2.05, 4.69) is 17.0 Å². The van der Waals surface area contributed by atoms with Gasteiger partial charge in [-0.1, -0.05) is 12.1 Å². The van der Waals surface area contributed by atoms with Crippen molar-refractivity contribution in [1.29, 1.82) is 0 Å². The van der Waals surface area contributed by atoms with Gasteiger partial charge in [-0.15, -0.1) is 0 Å². The second-order valence-corrected chi connectivity index (χ2v) is 5.27. The molecule has 2 rings (SSSR count). The molecule has 0 aliphatic rings. The predicted octanol–water partition coefficient (Wildman–Crippen LogP) is 3.71. The number of hydrogen-bond donors (Lipinski definition) is 0. The third-order valence-corrected chi connectivity index (χ3v) is 3.51. The van der Waals surface area contributed by atoms with Crippen molar-refractivity contribution in [2.24, 2.45) is 0 Å². The van der Waals surface area contributed by atoms with Gasteiger partial charge >= 0.3 is 0 Å². The maximum Gasteiger partial charge on any atom is 0.162 e. The van der Waals surface area contributed by atoms with Crippen molar-refractivity contribution in [2.75, 3.05) is 26.1 Å². The van der Waals surface area contributed by atoms with Gasteiger partial charge < -0.3 is 14.4 Å². The average molecular weight is 299 g/mol. The lowest BCUT2D eigenvalue weighted by molar-refractivity contribution is 0.112. The molecule has 0 radical (unpaired) electrons. The molecule has 22 heavy (non-hydrogen) atoms. The van der Waals surface area contributed by atoms with Crippen molar-refractivity contribution in [3.05, 3.63) is 53.6 Å². The van der Waals surface area contributed by atoms with Crippen LogP contribution in [0.1, 0.15) is 28.9 Å². The molecule has 1 atom stereocenters. The van der Waals surface area contributed by atoms with E-state index in [-0.39, 0.29) is 6.10 Å². The van der Waals surface area contributed by atoms with Crippen LogP contribution in [0.4, 0.5) is 5.69 Å². The summed E-state index contributed by atoms with van der Waals surface area (Å²) in [5.74, 6) is 1.18. The van der Waals surface area contributed by atoms with Gasteiger partial charge in [0.05, 0.1) is 7.11 Å². The number of benzene rings is 2. The Bertz CT molecular complexity index is 635. The lowest BCUT2D eigenvalue weighted by Crippen LogP contribution is -2.09. The van der Waals surface area contributed by atoms with Crippen LogP contribution >= 0.6 is 0 Å². The molecular formula is C18H21NO3. The molecule has 0 bridgehead atoms. The maximum atomic E-state index is 10.8. The molecule has 0 saturated heterocycles. The Kier molecular flexibility index (Phi) is 5.04. The van der Waals surface area contributed by atoms with Gasteiger partial charge in [0.1, 0.15) is 12.4 Å². The molecule has 0 spiro atoms. The molecule has 4 nitrogen and oxygen atoms in total. The third kappa shape index (κ3) is 3.58. The summed E-state index contributed by atoms with van der Waals surface area (Å²) in [5, 5.41) is 0. The maximum absolute atomic E-state index is 10.8. The second-order valence-electron chi connectivity index (χ2n) is 5.27. The SMILES string of the molecule is COc1cc(C=O)ccc1OC(C)c1ccc(N(C)C)cc1. The summed E-state index contributed by atoms with van der Waals surface area (Å²) in [6.45, 7) is 1.98. The van der Waals surface area contributed by atoms with Gasteiger partial charge in [-0.2, -0.15) is 0 Å². The zero-order valence-electron chi connectivity index (χ0n) is 13.4. The Balaban J connectivity index is 2.17. The Morgan fingerprint density at radius 2 is 1.73 bits per heavy atom. The topological polar surface area (TPSA) is 38.8 Å². The van der Waals surface area contributed by atoms with Crippen LogP contribution < -0.4 is 14.4 Å². The standard InChI is InChI=1S/C18H21NO3/c1-13(15-6-8-16(9-7-15)19(2)3)22-17-10-5-14(12-20)11-18(17)21-4/h5-13H,1-4H3. The van der Waals surface area contributed by atoms with E-state index >= 15 is 0 Å². The van der Waals surface area contributed by atoms with E-state index in [0.717, 1.165) is 17.5 Å². The summed E-state index contributed by atoms with van der Waals surface area (Å²) >= 11 is 0. The molecule has 0 aliphatic heterocycles. The smallest absolute Gasteiger partial charge is 0.162 e. The number of anilines is 1. The fraction of sp³-hybridized carbons (Fsp3) is 0.278. The Hall–Kier alpha value is -2.49. The van der Waals surface area contributed by atoms with Gasteiger partial charge in [0.15, 0.2) is 11.5 Å². The molecule has 2 aromatic rings. The predicted molar refractivity (Wildman–Crippen MR) is 88.2 cm³/mol. The van der Waals surface area contributed by atoms with Crippen LogP contribution in [0.15, 0.2) is 42.5 Å². The van der Waals surface area contributed by atoms with E-state index in [1.54, 1.807) is 25.3 Å². The molecule has 0 aromatic heterocycles. The number of aldehydes is 1. The first-order chi connectivity index (χ1) is 10.5. The summed E-state index contributed by atoms with van der Waals surface area (Å²) in [6.07, 6.45) is 0.669. The first-order valence-electron chi connectivity index (χ1n) is 7.12. The van der Waals surface area contributed by atoms with Crippen LogP contribution in [0.2, 0.25) is 0 Å². The Morgan fingerprint density at radius 3 is 2.27 bits per heavy atom. The molecular weight excluding hydrogens is 278 g/mol. The van der Waals surface area contributed by atoms with E-state index in [1.807, 2.05) is 33.2 Å². The van der Waals surface area contributed by atoms with E-state index in [9.17, 15) is 4.79 Å². The first-order valence-corrected chi connectivity index (χ1v) is 7.12. The number of hydrogen-bond acceptors (Lipinski definition) is 4. The minimum atomic E-state index is -0.118. The molecule has 0 amide bonds. The molecule has 2 aromatic carbocycles. The van der Waals surface area contributed by atoms with Crippen molar-refractivity contribution in [3.63, 3.8) is 0 Å². The molecule has 0 heterocycles. The fourth-order valence-electron chi connectivity index (χ4n) is 2.16. The highest BCUT2D eigenvalue weighted by molar-refractivity contribution is 5.76. The van der Waals surface area contributed by atoms with Crippen LogP contribution in [-0.2, 0) is 0 Å². The highest BCUT2D eigenvalue weighted by Crippen LogP contribution is 2.32. The molecule has 4 heteroatoms. The minimum absolute atomic E-state index is 0.118. The normalized spacial score (nSPS) is 11.6. The lowest BCUT2D eigenvalue weighted by Gasteiger charge is -2.19. The fourth-order valence-corrected chi connectivity index (χ4v) is 2.16. The van der Waals surface area contributed by atoms with Crippen molar-refractivity contribution in [3.8, 4) is 11.5 Å². The van der Waals surface area contributed by atoms with E-state index in [1.165, 1.54) is 0 Å². The van der Waals surface area contributed by atoms with Gasteiger partial charge in [-0.05, 0) is 42.8 Å². The molecule has 1 unspecified atom stereocenters. The largest absolute Gasteiger partial charge is 0.493 e. The summed E-state index contributed by atoms with van der Waals surface area (Å²) in [5.41, 5.74) is 2.78. The monoisotopic (exact) mass is 299 g/mol. The summed E-state index contributed by atoms with van der Waals surface area (Å²) in [7, 11) is 5.58. The van der Waals surface area contributed by atoms with Crippen LogP contribution in [0.25, 0.3) is 0 Å².